The molecule has 0 amide bonds. The monoisotopic (exact) mass is 409 g/mol. The van der Waals surface area contributed by atoms with Gasteiger partial charge in [0.05, 0.1) is 6.10 Å². The van der Waals surface area contributed by atoms with Crippen LogP contribution in [-0.2, 0) is 23.7 Å². The Morgan fingerprint density at radius 3 is 2.32 bits per heavy atom. The lowest BCUT2D eigenvalue weighted by Crippen LogP contribution is -2.57. The first-order valence-corrected chi connectivity index (χ1v) is 8.81. The summed E-state index contributed by atoms with van der Waals surface area (Å²) in [6.45, 7) is 1.78. The van der Waals surface area contributed by atoms with Crippen molar-refractivity contribution in [2.75, 3.05) is 7.11 Å². The summed E-state index contributed by atoms with van der Waals surface area (Å²) in [5.41, 5.74) is 0.856. The third kappa shape index (κ3) is 4.06. The number of halogens is 3. The molecule has 0 radical (unpaired) electrons. The fraction of sp³-hybridized carbons (Fsp3) is 0.562. The van der Waals surface area contributed by atoms with E-state index < -0.39 is 46.7 Å². The molecule has 0 saturated carbocycles. The van der Waals surface area contributed by atoms with Crippen molar-refractivity contribution >= 4 is 40.7 Å². The zero-order chi connectivity index (χ0) is 18.2. The normalized spacial score (nSPS) is 35.2. The van der Waals surface area contributed by atoms with Gasteiger partial charge in [0.15, 0.2) is 18.7 Å². The van der Waals surface area contributed by atoms with Crippen molar-refractivity contribution < 1.29 is 23.7 Å². The Morgan fingerprint density at radius 1 is 1.08 bits per heavy atom. The van der Waals surface area contributed by atoms with E-state index in [-0.39, 0.29) is 0 Å². The molecule has 2 fully saturated rings. The Bertz CT molecular complexity index is 612. The van der Waals surface area contributed by atoms with E-state index in [1.807, 2.05) is 30.3 Å². The highest BCUT2D eigenvalue weighted by Crippen LogP contribution is 2.41. The third-order valence-electron chi connectivity index (χ3n) is 4.10. The second-order valence-electron chi connectivity index (χ2n) is 5.80. The summed E-state index contributed by atoms with van der Waals surface area (Å²) >= 11 is 17.2. The second-order valence-corrected chi connectivity index (χ2v) is 8.08. The van der Waals surface area contributed by atoms with Crippen LogP contribution in [0.1, 0.15) is 18.8 Å². The van der Waals surface area contributed by atoms with Crippen LogP contribution in [0.4, 0.5) is 0 Å². The maximum absolute atomic E-state index is 7.83. The molecule has 0 bridgehead atoms. The van der Waals surface area contributed by atoms with Crippen LogP contribution in [0.25, 0.3) is 0 Å². The molecule has 0 unspecified atom stereocenters. The lowest BCUT2D eigenvalue weighted by Gasteiger charge is -2.40. The lowest BCUT2D eigenvalue weighted by atomic mass is 10.00. The van der Waals surface area contributed by atoms with Gasteiger partial charge in [0.1, 0.15) is 12.2 Å². The topological polar surface area (TPSA) is 70.0 Å². The molecule has 6 nitrogen and oxygen atoms in total. The van der Waals surface area contributed by atoms with Crippen LogP contribution in [0, 0.1) is 5.41 Å². The van der Waals surface area contributed by atoms with Crippen molar-refractivity contribution in [3.05, 3.63) is 35.9 Å². The van der Waals surface area contributed by atoms with Crippen LogP contribution in [-0.4, -0.2) is 47.5 Å². The van der Waals surface area contributed by atoms with Gasteiger partial charge in [-0.25, -0.2) is 0 Å². The number of alkyl halides is 3. The van der Waals surface area contributed by atoms with Gasteiger partial charge >= 0.3 is 0 Å². The number of hydrogen-bond donors (Lipinski definition) is 1. The Balaban J connectivity index is 1.82. The molecule has 25 heavy (non-hydrogen) atoms. The van der Waals surface area contributed by atoms with Crippen LogP contribution in [0.5, 0.6) is 0 Å². The number of nitrogens with one attached hydrogen (secondary N) is 1. The number of methoxy groups -OCH3 is 1. The van der Waals surface area contributed by atoms with Crippen LogP contribution in [0.15, 0.2) is 30.3 Å². The minimum atomic E-state index is -1.97. The SMILES string of the molecule is CO[C@@H]1O[C@@H](C)[C@H](OC(=N)C(Cl)(Cl)Cl)[C@H]2O[C@H](c3ccccc3)O[C@@H]12. The fourth-order valence-corrected chi connectivity index (χ4v) is 3.05. The molecule has 0 aromatic heterocycles. The first kappa shape index (κ1) is 19.2. The molecule has 2 aliphatic rings. The van der Waals surface area contributed by atoms with Gasteiger partial charge in [0.2, 0.25) is 5.90 Å². The van der Waals surface area contributed by atoms with Gasteiger partial charge in [0.25, 0.3) is 3.79 Å². The molecule has 2 heterocycles. The predicted molar refractivity (Wildman–Crippen MR) is 93.2 cm³/mol. The quantitative estimate of drug-likeness (QED) is 0.468. The van der Waals surface area contributed by atoms with Crippen molar-refractivity contribution in [3.8, 4) is 0 Å². The van der Waals surface area contributed by atoms with Gasteiger partial charge in [-0.2, -0.15) is 0 Å². The van der Waals surface area contributed by atoms with Gasteiger partial charge in [0, 0.05) is 12.7 Å². The first-order valence-electron chi connectivity index (χ1n) is 7.67. The van der Waals surface area contributed by atoms with Gasteiger partial charge < -0.3 is 23.7 Å². The van der Waals surface area contributed by atoms with Crippen molar-refractivity contribution in [2.45, 2.75) is 47.7 Å². The maximum Gasteiger partial charge on any atom is 0.265 e. The second kappa shape index (κ2) is 7.56. The van der Waals surface area contributed by atoms with E-state index in [0.717, 1.165) is 5.56 Å². The molecule has 1 N–H and O–H groups in total. The lowest BCUT2D eigenvalue weighted by molar-refractivity contribution is -0.259. The molecule has 2 saturated heterocycles. The van der Waals surface area contributed by atoms with Gasteiger partial charge in [-0.05, 0) is 6.92 Å². The number of fused-ring (bicyclic) bond motifs is 1. The van der Waals surface area contributed by atoms with E-state index in [2.05, 4.69) is 0 Å². The molecule has 3 rings (SSSR count). The first-order chi connectivity index (χ1) is 11.8. The summed E-state index contributed by atoms with van der Waals surface area (Å²) in [6.07, 6.45) is -3.47. The van der Waals surface area contributed by atoms with E-state index in [1.165, 1.54) is 7.11 Å². The third-order valence-corrected chi connectivity index (χ3v) is 4.62. The number of ether oxygens (including phenoxy) is 5. The number of hydrogen-bond acceptors (Lipinski definition) is 6. The zero-order valence-electron chi connectivity index (χ0n) is 13.5. The highest BCUT2D eigenvalue weighted by Gasteiger charge is 2.54. The highest BCUT2D eigenvalue weighted by molar-refractivity contribution is 6.76. The number of rotatable bonds is 3. The van der Waals surface area contributed by atoms with Gasteiger partial charge in [-0.15, -0.1) is 0 Å². The Hall–Kier alpha value is -0.600. The van der Waals surface area contributed by atoms with Crippen LogP contribution in [0.3, 0.4) is 0 Å². The smallest absolute Gasteiger partial charge is 0.265 e. The molecule has 1 aromatic rings. The van der Waals surface area contributed by atoms with E-state index in [1.54, 1.807) is 6.92 Å². The average Bonchev–Trinajstić information content (AvgIpc) is 3.02. The summed E-state index contributed by atoms with van der Waals surface area (Å²) in [7, 11) is 1.53. The molecule has 6 atom stereocenters. The molecular formula is C16H18Cl3NO5. The summed E-state index contributed by atoms with van der Waals surface area (Å²) in [5.74, 6) is -0.501. The van der Waals surface area contributed by atoms with Crippen molar-refractivity contribution in [1.29, 1.82) is 5.41 Å². The molecule has 0 spiro atoms. The average molecular weight is 411 g/mol. The van der Waals surface area contributed by atoms with Crippen LogP contribution >= 0.6 is 34.8 Å². The minimum Gasteiger partial charge on any atom is -0.469 e. The van der Waals surface area contributed by atoms with Crippen molar-refractivity contribution in [3.63, 3.8) is 0 Å². The highest BCUT2D eigenvalue weighted by atomic mass is 35.6. The Kier molecular flexibility index (Phi) is 5.80. The Morgan fingerprint density at radius 2 is 1.72 bits per heavy atom. The van der Waals surface area contributed by atoms with E-state index in [9.17, 15) is 0 Å². The predicted octanol–water partition coefficient (Wildman–Crippen LogP) is 3.59. The number of benzene rings is 1. The fourth-order valence-electron chi connectivity index (χ4n) is 2.91. The molecule has 9 heteroatoms. The van der Waals surface area contributed by atoms with E-state index in [4.69, 9.17) is 63.9 Å². The zero-order valence-corrected chi connectivity index (χ0v) is 15.8. The molecule has 0 aliphatic carbocycles. The summed E-state index contributed by atoms with van der Waals surface area (Å²) in [4.78, 5) is 0. The van der Waals surface area contributed by atoms with Crippen molar-refractivity contribution in [1.82, 2.24) is 0 Å². The van der Waals surface area contributed by atoms with E-state index >= 15 is 0 Å². The van der Waals surface area contributed by atoms with E-state index in [0.29, 0.717) is 0 Å². The maximum atomic E-state index is 7.83. The molecule has 1 aromatic carbocycles. The van der Waals surface area contributed by atoms with Gasteiger partial charge in [-0.3, -0.25) is 5.41 Å². The van der Waals surface area contributed by atoms with Crippen molar-refractivity contribution in [2.24, 2.45) is 0 Å². The largest absolute Gasteiger partial charge is 0.469 e. The minimum absolute atomic E-state index is 0.461. The summed E-state index contributed by atoms with van der Waals surface area (Å²) in [5, 5.41) is 7.83. The van der Waals surface area contributed by atoms with Crippen LogP contribution < -0.4 is 0 Å². The molecule has 2 aliphatic heterocycles. The standard InChI is InChI=1S/C16H18Cl3NO5/c1-8-10(25-15(20)16(17,18)19)11-12(14(21-2)22-8)24-13(23-11)9-6-4-3-5-7-9/h3-8,10-14,20H,1-2H3/t8-,10-,11+,12+,13-,14+/m0/s1. The van der Waals surface area contributed by atoms with Gasteiger partial charge in [-0.1, -0.05) is 65.1 Å². The molecule has 138 valence electrons. The summed E-state index contributed by atoms with van der Waals surface area (Å²) < 4.78 is 26.8. The van der Waals surface area contributed by atoms with Crippen LogP contribution in [0.2, 0.25) is 0 Å². The summed E-state index contributed by atoms with van der Waals surface area (Å²) in [6, 6.07) is 9.48. The molecular weight excluding hydrogens is 393 g/mol. The Labute approximate surface area is 160 Å².